The lowest BCUT2D eigenvalue weighted by Gasteiger charge is -2.10. The molecule has 20 heavy (non-hydrogen) atoms. The summed E-state index contributed by atoms with van der Waals surface area (Å²) in [5.41, 5.74) is 1.89. The van der Waals surface area contributed by atoms with Crippen molar-refractivity contribution < 1.29 is 5.11 Å². The van der Waals surface area contributed by atoms with E-state index in [1.165, 1.54) is 0 Å². The molecule has 1 unspecified atom stereocenters. The topological polar surface area (TPSA) is 33.1 Å². The molecule has 0 saturated heterocycles. The van der Waals surface area contributed by atoms with Gasteiger partial charge < -0.3 is 5.11 Å². The van der Waals surface area contributed by atoms with Crippen LogP contribution in [-0.4, -0.2) is 10.1 Å². The number of benzene rings is 2. The summed E-state index contributed by atoms with van der Waals surface area (Å²) in [6.07, 6.45) is -0.00656. The highest BCUT2D eigenvalue weighted by Gasteiger charge is 2.13. The van der Waals surface area contributed by atoms with E-state index in [9.17, 15) is 5.11 Å². The Morgan fingerprint density at radius 3 is 2.65 bits per heavy atom. The number of aliphatic hydroxyl groups excluding tert-OH is 1. The molecule has 0 aliphatic carbocycles. The lowest BCUT2D eigenvalue weighted by atomic mass is 10.1. The highest BCUT2D eigenvalue weighted by atomic mass is 79.9. The molecule has 102 valence electrons. The van der Waals surface area contributed by atoms with Crippen LogP contribution >= 0.6 is 43.2 Å². The number of hydrogen-bond acceptors (Lipinski definition) is 3. The number of rotatable bonds is 3. The van der Waals surface area contributed by atoms with Crippen LogP contribution < -0.4 is 0 Å². The molecule has 3 aromatic rings. The Hall–Kier alpha value is -0.750. The van der Waals surface area contributed by atoms with E-state index in [0.717, 1.165) is 29.7 Å². The minimum absolute atomic E-state index is 0.535. The van der Waals surface area contributed by atoms with Crippen molar-refractivity contribution in [3.63, 3.8) is 0 Å². The molecule has 1 aromatic heterocycles. The van der Waals surface area contributed by atoms with E-state index in [4.69, 9.17) is 0 Å². The van der Waals surface area contributed by atoms with E-state index in [1.807, 2.05) is 36.4 Å². The van der Waals surface area contributed by atoms with Crippen LogP contribution in [0.3, 0.4) is 0 Å². The molecule has 1 N–H and O–H groups in total. The highest BCUT2D eigenvalue weighted by molar-refractivity contribution is 9.13. The number of nitrogens with zero attached hydrogens (tertiary/aromatic N) is 1. The van der Waals surface area contributed by atoms with Gasteiger partial charge >= 0.3 is 0 Å². The summed E-state index contributed by atoms with van der Waals surface area (Å²) in [7, 11) is 0. The summed E-state index contributed by atoms with van der Waals surface area (Å²) < 4.78 is 3.08. The summed E-state index contributed by atoms with van der Waals surface area (Å²) in [6, 6.07) is 13.8. The fourth-order valence-electron chi connectivity index (χ4n) is 2.01. The second-order valence-corrected chi connectivity index (χ2v) is 7.29. The molecule has 0 saturated carbocycles. The molecule has 0 radical (unpaired) electrons. The summed E-state index contributed by atoms with van der Waals surface area (Å²) in [5.74, 6) is 0. The Labute approximate surface area is 137 Å². The smallest absolute Gasteiger partial charge is 0.0967 e. The number of hydrogen-bond donors (Lipinski definition) is 1. The van der Waals surface area contributed by atoms with Gasteiger partial charge in [-0.25, -0.2) is 4.98 Å². The van der Waals surface area contributed by atoms with Gasteiger partial charge in [0.2, 0.25) is 0 Å². The summed E-state index contributed by atoms with van der Waals surface area (Å²) in [4.78, 5) is 4.56. The second kappa shape index (κ2) is 5.93. The lowest BCUT2D eigenvalue weighted by Crippen LogP contribution is -2.01. The van der Waals surface area contributed by atoms with E-state index in [-0.39, 0.29) is 0 Å². The number of fused-ring (bicyclic) bond motifs is 1. The van der Waals surface area contributed by atoms with Crippen LogP contribution in [0.2, 0.25) is 0 Å². The molecule has 1 atom stereocenters. The first kappa shape index (κ1) is 14.2. The van der Waals surface area contributed by atoms with E-state index in [2.05, 4.69) is 42.9 Å². The number of aromatic nitrogens is 1. The molecule has 0 spiro atoms. The first-order valence-electron chi connectivity index (χ1n) is 6.11. The molecule has 0 aliphatic rings. The van der Waals surface area contributed by atoms with Crippen LogP contribution in [0.15, 0.2) is 51.4 Å². The number of halogens is 2. The van der Waals surface area contributed by atoms with Gasteiger partial charge in [0.05, 0.1) is 21.3 Å². The quantitative estimate of drug-likeness (QED) is 0.649. The van der Waals surface area contributed by atoms with Crippen molar-refractivity contribution >= 4 is 53.4 Å². The standard InChI is InChI=1S/C15H11Br2NOS/c16-10-6-5-9(7-11(10)17)13(19)8-15-18-12-3-1-2-4-14(12)20-15/h1-7,13,19H,8H2. The molecule has 0 fully saturated rings. The van der Waals surface area contributed by atoms with Crippen LogP contribution in [-0.2, 0) is 6.42 Å². The molecule has 0 bridgehead atoms. The van der Waals surface area contributed by atoms with Crippen molar-refractivity contribution in [2.45, 2.75) is 12.5 Å². The maximum atomic E-state index is 10.3. The molecule has 0 amide bonds. The van der Waals surface area contributed by atoms with Crippen molar-refractivity contribution in [1.29, 1.82) is 0 Å². The van der Waals surface area contributed by atoms with E-state index >= 15 is 0 Å². The Morgan fingerprint density at radius 2 is 1.90 bits per heavy atom. The zero-order valence-corrected chi connectivity index (χ0v) is 14.4. The minimum Gasteiger partial charge on any atom is -0.388 e. The van der Waals surface area contributed by atoms with Crippen LogP contribution in [0.4, 0.5) is 0 Å². The van der Waals surface area contributed by atoms with Gasteiger partial charge in [0.25, 0.3) is 0 Å². The highest BCUT2D eigenvalue weighted by Crippen LogP contribution is 2.29. The van der Waals surface area contributed by atoms with Gasteiger partial charge in [-0.3, -0.25) is 0 Å². The molecule has 2 aromatic carbocycles. The molecule has 1 heterocycles. The third kappa shape index (κ3) is 2.96. The number of aliphatic hydroxyl groups is 1. The monoisotopic (exact) mass is 411 g/mol. The van der Waals surface area contributed by atoms with Crippen molar-refractivity contribution in [3.8, 4) is 0 Å². The van der Waals surface area contributed by atoms with Gasteiger partial charge in [-0.15, -0.1) is 11.3 Å². The van der Waals surface area contributed by atoms with Gasteiger partial charge in [-0.05, 0) is 61.7 Å². The normalized spacial score (nSPS) is 12.8. The maximum absolute atomic E-state index is 10.3. The van der Waals surface area contributed by atoms with Crippen molar-refractivity contribution in [2.75, 3.05) is 0 Å². The first-order chi connectivity index (χ1) is 9.63. The first-order valence-corrected chi connectivity index (χ1v) is 8.51. The fourth-order valence-corrected chi connectivity index (χ4v) is 3.66. The zero-order chi connectivity index (χ0) is 14.1. The van der Waals surface area contributed by atoms with Crippen LogP contribution in [0.25, 0.3) is 10.2 Å². The second-order valence-electron chi connectivity index (χ2n) is 4.47. The van der Waals surface area contributed by atoms with Gasteiger partial charge in [-0.1, -0.05) is 18.2 Å². The summed E-state index contributed by atoms with van der Waals surface area (Å²) in [5, 5.41) is 11.3. The van der Waals surface area contributed by atoms with Gasteiger partial charge in [0, 0.05) is 15.4 Å². The fraction of sp³-hybridized carbons (Fsp3) is 0.133. The van der Waals surface area contributed by atoms with Crippen LogP contribution in [0.1, 0.15) is 16.7 Å². The van der Waals surface area contributed by atoms with Crippen LogP contribution in [0.5, 0.6) is 0 Å². The van der Waals surface area contributed by atoms with Crippen molar-refractivity contribution in [1.82, 2.24) is 4.98 Å². The average molecular weight is 413 g/mol. The summed E-state index contributed by atoms with van der Waals surface area (Å²) >= 11 is 8.52. The molecule has 2 nitrogen and oxygen atoms in total. The average Bonchev–Trinajstić information content (AvgIpc) is 2.83. The predicted octanol–water partition coefficient (Wildman–Crippen LogP) is 5.10. The minimum atomic E-state index is -0.542. The van der Waals surface area contributed by atoms with Crippen LogP contribution in [0, 0.1) is 0 Å². The molecular weight excluding hydrogens is 402 g/mol. The molecular formula is C15H11Br2NOS. The van der Waals surface area contributed by atoms with E-state index in [0.29, 0.717) is 6.42 Å². The number of para-hydroxylation sites is 1. The Kier molecular flexibility index (Phi) is 4.21. The molecule has 3 rings (SSSR count). The Morgan fingerprint density at radius 1 is 1.10 bits per heavy atom. The Bertz CT molecular complexity index is 723. The maximum Gasteiger partial charge on any atom is 0.0967 e. The largest absolute Gasteiger partial charge is 0.388 e. The van der Waals surface area contributed by atoms with Gasteiger partial charge in [0.1, 0.15) is 0 Å². The Balaban J connectivity index is 1.84. The predicted molar refractivity (Wildman–Crippen MR) is 90.1 cm³/mol. The molecule has 0 aliphatic heterocycles. The van der Waals surface area contributed by atoms with E-state index < -0.39 is 6.10 Å². The van der Waals surface area contributed by atoms with Gasteiger partial charge in [-0.2, -0.15) is 0 Å². The lowest BCUT2D eigenvalue weighted by molar-refractivity contribution is 0.178. The van der Waals surface area contributed by atoms with Crippen molar-refractivity contribution in [3.05, 3.63) is 62.0 Å². The third-order valence-corrected chi connectivity index (χ3v) is 5.97. The number of thiazole rings is 1. The SMILES string of the molecule is OC(Cc1nc2ccccc2s1)c1ccc(Br)c(Br)c1. The van der Waals surface area contributed by atoms with E-state index in [1.54, 1.807) is 11.3 Å². The molecule has 5 heteroatoms. The van der Waals surface area contributed by atoms with Gasteiger partial charge in [0.15, 0.2) is 0 Å². The third-order valence-electron chi connectivity index (χ3n) is 3.03. The zero-order valence-electron chi connectivity index (χ0n) is 10.4. The summed E-state index contributed by atoms with van der Waals surface area (Å²) in [6.45, 7) is 0. The van der Waals surface area contributed by atoms with Crippen molar-refractivity contribution in [2.24, 2.45) is 0 Å².